The van der Waals surface area contributed by atoms with E-state index in [9.17, 15) is 4.79 Å². The minimum Gasteiger partial charge on any atom is -0.338 e. The highest BCUT2D eigenvalue weighted by Gasteiger charge is 2.15. The second-order valence-corrected chi connectivity index (χ2v) is 8.87. The first-order chi connectivity index (χ1) is 17.6. The largest absolute Gasteiger partial charge is 0.338 e. The van der Waals surface area contributed by atoms with Crippen LogP contribution in [-0.2, 0) is 11.2 Å². The van der Waals surface area contributed by atoms with Crippen LogP contribution in [-0.4, -0.2) is 47.5 Å². The van der Waals surface area contributed by atoms with Gasteiger partial charge in [-0.1, -0.05) is 24.3 Å². The van der Waals surface area contributed by atoms with Gasteiger partial charge in [0.2, 0.25) is 0 Å². The number of aliphatic imine (C=N–C) groups is 1. The van der Waals surface area contributed by atoms with Gasteiger partial charge in [-0.05, 0) is 42.3 Å². The summed E-state index contributed by atoms with van der Waals surface area (Å²) in [7, 11) is 0. The number of hydrogen-bond acceptors (Lipinski definition) is 6. The van der Waals surface area contributed by atoms with Crippen molar-refractivity contribution in [2.24, 2.45) is 4.99 Å². The van der Waals surface area contributed by atoms with Crippen molar-refractivity contribution in [3.8, 4) is 17.2 Å². The number of carbonyl (C=O) groups excluding carboxylic acids is 1. The molecule has 0 atom stereocenters. The zero-order valence-electron chi connectivity index (χ0n) is 19.7. The summed E-state index contributed by atoms with van der Waals surface area (Å²) >= 11 is 0. The summed E-state index contributed by atoms with van der Waals surface area (Å²) in [4.78, 5) is 38.4. The molecule has 176 valence electrons. The van der Waals surface area contributed by atoms with Crippen LogP contribution in [0.1, 0.15) is 23.2 Å². The normalized spacial score (nSPS) is 13.1. The molecule has 1 aliphatic rings. The lowest BCUT2D eigenvalue weighted by Gasteiger charge is -2.03. The molecule has 5 aromatic rings. The maximum Gasteiger partial charge on any atom is 0.166 e. The molecule has 8 heteroatoms. The lowest BCUT2D eigenvalue weighted by Crippen LogP contribution is -2.05. The van der Waals surface area contributed by atoms with Gasteiger partial charge in [-0.15, -0.1) is 0 Å². The number of hydrogen-bond donors (Lipinski definition) is 1. The molecule has 0 saturated carbocycles. The van der Waals surface area contributed by atoms with Crippen LogP contribution < -0.4 is 0 Å². The summed E-state index contributed by atoms with van der Waals surface area (Å²) in [6, 6.07) is 13.7. The molecule has 0 fully saturated rings. The van der Waals surface area contributed by atoms with Crippen LogP contribution in [0.25, 0.3) is 28.2 Å². The van der Waals surface area contributed by atoms with Crippen LogP contribution >= 0.6 is 0 Å². The van der Waals surface area contributed by atoms with E-state index in [1.807, 2.05) is 66.2 Å². The Labute approximate surface area is 207 Å². The van der Waals surface area contributed by atoms with E-state index in [-0.39, 0.29) is 5.78 Å². The number of fused-ring (bicyclic) bond motifs is 1. The van der Waals surface area contributed by atoms with Crippen molar-refractivity contribution in [2.45, 2.75) is 19.8 Å². The maximum atomic E-state index is 12.7. The topological polar surface area (TPSA) is 102 Å². The number of benzene rings is 1. The second-order valence-electron chi connectivity index (χ2n) is 8.87. The Balaban J connectivity index is 1.14. The fourth-order valence-corrected chi connectivity index (χ4v) is 4.38. The highest BCUT2D eigenvalue weighted by Crippen LogP contribution is 2.24. The predicted molar refractivity (Wildman–Crippen MR) is 138 cm³/mol. The maximum absolute atomic E-state index is 12.7. The SMILES string of the molecule is Cc1cn(-c2nccc3[nH]c(-c4ccc(CC(=O)CC5=CC(c6cccnc6)=NC5)cc4)nc23)cn1. The fraction of sp³-hybridized carbons (Fsp3) is 0.143. The van der Waals surface area contributed by atoms with E-state index in [2.05, 4.69) is 24.9 Å². The summed E-state index contributed by atoms with van der Waals surface area (Å²) in [5, 5.41) is 0. The molecule has 36 heavy (non-hydrogen) atoms. The average molecular weight is 474 g/mol. The minimum absolute atomic E-state index is 0.173. The highest BCUT2D eigenvalue weighted by atomic mass is 16.1. The van der Waals surface area contributed by atoms with Crippen molar-refractivity contribution in [2.75, 3.05) is 6.54 Å². The van der Waals surface area contributed by atoms with Gasteiger partial charge < -0.3 is 4.98 Å². The minimum atomic E-state index is 0.173. The van der Waals surface area contributed by atoms with Gasteiger partial charge in [-0.3, -0.25) is 19.3 Å². The van der Waals surface area contributed by atoms with Gasteiger partial charge in [0.15, 0.2) is 5.82 Å². The highest BCUT2D eigenvalue weighted by molar-refractivity contribution is 6.10. The zero-order valence-corrected chi connectivity index (χ0v) is 19.7. The van der Waals surface area contributed by atoms with Gasteiger partial charge >= 0.3 is 0 Å². The number of rotatable bonds is 7. The summed E-state index contributed by atoms with van der Waals surface area (Å²) in [6.45, 7) is 2.51. The number of Topliss-reactive ketones (excluding diaryl/α,β-unsaturated/α-hetero) is 1. The van der Waals surface area contributed by atoms with Gasteiger partial charge in [0.25, 0.3) is 0 Å². The number of imidazole rings is 2. The number of H-pyrrole nitrogens is 1. The van der Waals surface area contributed by atoms with Crippen molar-refractivity contribution in [3.63, 3.8) is 0 Å². The molecule has 0 unspecified atom stereocenters. The number of aryl methyl sites for hydroxylation is 1. The molecule has 0 aliphatic carbocycles. The number of nitrogens with zero attached hydrogens (tertiary/aromatic N) is 6. The smallest absolute Gasteiger partial charge is 0.166 e. The predicted octanol–water partition coefficient (Wildman–Crippen LogP) is 4.45. The van der Waals surface area contributed by atoms with E-state index in [4.69, 9.17) is 4.98 Å². The second kappa shape index (κ2) is 9.14. The average Bonchev–Trinajstić information content (AvgIpc) is 3.64. The first-order valence-corrected chi connectivity index (χ1v) is 11.7. The fourth-order valence-electron chi connectivity index (χ4n) is 4.38. The first kappa shape index (κ1) is 21.8. The van der Waals surface area contributed by atoms with E-state index in [0.29, 0.717) is 19.4 Å². The van der Waals surface area contributed by atoms with Crippen LogP contribution in [0.4, 0.5) is 0 Å². The lowest BCUT2D eigenvalue weighted by atomic mass is 10.0. The molecular formula is C28H23N7O. The Bertz CT molecular complexity index is 1630. The van der Waals surface area contributed by atoms with Crippen LogP contribution in [0.15, 0.2) is 90.2 Å². The van der Waals surface area contributed by atoms with Crippen molar-refractivity contribution in [3.05, 3.63) is 102 Å². The monoisotopic (exact) mass is 473 g/mol. The third-order valence-electron chi connectivity index (χ3n) is 6.14. The standard InChI is InChI=1S/C28H23N7O/c1-18-16-35(17-32-18)28-26-24(8-10-30-28)33-27(34-26)21-6-4-19(5-7-21)11-23(36)12-20-13-25(31-14-20)22-3-2-9-29-15-22/h2-10,13,15-17H,11-12,14H2,1H3,(H,33,34). The van der Waals surface area contributed by atoms with Crippen LogP contribution in [0.3, 0.4) is 0 Å². The van der Waals surface area contributed by atoms with Crippen LogP contribution in [0.2, 0.25) is 0 Å². The van der Waals surface area contributed by atoms with Gasteiger partial charge in [0.1, 0.15) is 23.5 Å². The van der Waals surface area contributed by atoms with E-state index in [0.717, 1.165) is 56.3 Å². The lowest BCUT2D eigenvalue weighted by molar-refractivity contribution is -0.117. The van der Waals surface area contributed by atoms with E-state index < -0.39 is 0 Å². The number of ketones is 1. The summed E-state index contributed by atoms with van der Waals surface area (Å²) in [6.07, 6.45) is 11.8. The van der Waals surface area contributed by atoms with E-state index in [1.165, 1.54) is 0 Å². The molecule has 1 aromatic carbocycles. The molecule has 0 bridgehead atoms. The molecule has 1 N–H and O–H groups in total. The molecule has 8 nitrogen and oxygen atoms in total. The Morgan fingerprint density at radius 1 is 1.03 bits per heavy atom. The van der Waals surface area contributed by atoms with Gasteiger partial charge in [0.05, 0.1) is 23.5 Å². The number of pyridine rings is 2. The molecule has 0 radical (unpaired) electrons. The van der Waals surface area contributed by atoms with Gasteiger partial charge in [-0.2, -0.15) is 0 Å². The Morgan fingerprint density at radius 3 is 2.69 bits per heavy atom. The van der Waals surface area contributed by atoms with E-state index in [1.54, 1.807) is 24.9 Å². The van der Waals surface area contributed by atoms with E-state index >= 15 is 0 Å². The number of allylic oxidation sites excluding steroid dienone is 1. The first-order valence-electron chi connectivity index (χ1n) is 11.7. The van der Waals surface area contributed by atoms with Crippen LogP contribution in [0.5, 0.6) is 0 Å². The molecule has 6 rings (SSSR count). The molecule has 0 spiro atoms. The third-order valence-corrected chi connectivity index (χ3v) is 6.14. The molecule has 5 heterocycles. The molecule has 0 amide bonds. The van der Waals surface area contributed by atoms with Crippen molar-refractivity contribution < 1.29 is 4.79 Å². The number of aromatic nitrogens is 6. The Morgan fingerprint density at radius 2 is 1.92 bits per heavy atom. The Hall–Kier alpha value is -4.72. The molecule has 1 aliphatic heterocycles. The quantitative estimate of drug-likeness (QED) is 0.376. The Kier molecular flexibility index (Phi) is 5.53. The summed E-state index contributed by atoms with van der Waals surface area (Å²) in [5.41, 5.74) is 7.42. The zero-order chi connectivity index (χ0) is 24.5. The van der Waals surface area contributed by atoms with Gasteiger partial charge in [0, 0.05) is 48.8 Å². The number of nitrogens with one attached hydrogen (secondary N) is 1. The van der Waals surface area contributed by atoms with Gasteiger partial charge in [-0.25, -0.2) is 15.0 Å². The van der Waals surface area contributed by atoms with Crippen LogP contribution in [0, 0.1) is 6.92 Å². The van der Waals surface area contributed by atoms with Crippen molar-refractivity contribution in [1.82, 2.24) is 29.5 Å². The number of carbonyl (C=O) groups is 1. The third kappa shape index (κ3) is 4.36. The summed E-state index contributed by atoms with van der Waals surface area (Å²) < 4.78 is 1.88. The van der Waals surface area contributed by atoms with Crippen molar-refractivity contribution in [1.29, 1.82) is 0 Å². The molecule has 4 aromatic heterocycles. The van der Waals surface area contributed by atoms with Crippen molar-refractivity contribution >= 4 is 22.5 Å². The number of aromatic amines is 1. The molecule has 0 saturated heterocycles. The summed E-state index contributed by atoms with van der Waals surface area (Å²) in [5.74, 6) is 1.66. The molecular weight excluding hydrogens is 450 g/mol.